The first-order chi connectivity index (χ1) is 14.0. The number of carbonyl (C=O) groups excluding carboxylic acids is 1. The summed E-state index contributed by atoms with van der Waals surface area (Å²) in [6.07, 6.45) is 2.80. The number of nitrogens with zero attached hydrogens (tertiary/aromatic N) is 3. The van der Waals surface area contributed by atoms with E-state index in [-0.39, 0.29) is 27.9 Å². The van der Waals surface area contributed by atoms with Gasteiger partial charge < -0.3 is 9.15 Å². The first-order valence-electron chi connectivity index (χ1n) is 8.22. The summed E-state index contributed by atoms with van der Waals surface area (Å²) in [5.74, 6) is 0.0101. The molecule has 1 aromatic carbocycles. The highest BCUT2D eigenvalue weighted by Crippen LogP contribution is 2.24. The highest BCUT2D eigenvalue weighted by atomic mass is 35.5. The standard InChI is InChI=1S/C19H11Cl2N3O4S/c20-13-8-22-24(18(25)16(13)21)14-5-2-1-4-12(14)19(26)28-9-11-10-29-17(23-11)15-6-3-7-27-15/h1-8,10H,9H2. The SMILES string of the molecule is O=C(OCc1csc(-c2ccco2)n1)c1ccccc1-n1ncc(Cl)c(Cl)c1=O. The van der Waals surface area contributed by atoms with Crippen LogP contribution in [0, 0.1) is 0 Å². The summed E-state index contributed by atoms with van der Waals surface area (Å²) in [5.41, 5.74) is 0.330. The zero-order chi connectivity index (χ0) is 20.4. The second-order valence-corrected chi connectivity index (χ2v) is 7.38. The molecule has 0 amide bonds. The van der Waals surface area contributed by atoms with Crippen molar-refractivity contribution in [2.75, 3.05) is 0 Å². The summed E-state index contributed by atoms with van der Waals surface area (Å²) in [6.45, 7) is -0.0337. The van der Waals surface area contributed by atoms with E-state index >= 15 is 0 Å². The Balaban J connectivity index is 1.56. The molecule has 0 aliphatic rings. The number of benzene rings is 1. The highest BCUT2D eigenvalue weighted by molar-refractivity contribution is 7.13. The Morgan fingerprint density at radius 1 is 1.21 bits per heavy atom. The molecule has 0 saturated carbocycles. The monoisotopic (exact) mass is 447 g/mol. The number of hydrogen-bond acceptors (Lipinski definition) is 7. The number of hydrogen-bond donors (Lipinski definition) is 0. The fraction of sp³-hybridized carbons (Fsp3) is 0.0526. The van der Waals surface area contributed by atoms with Crippen LogP contribution in [0.15, 0.2) is 63.4 Å². The van der Waals surface area contributed by atoms with E-state index in [1.165, 1.54) is 23.6 Å². The number of ether oxygens (including phenoxy) is 1. The van der Waals surface area contributed by atoms with Gasteiger partial charge in [-0.25, -0.2) is 9.78 Å². The normalized spacial score (nSPS) is 10.8. The van der Waals surface area contributed by atoms with E-state index in [1.54, 1.807) is 42.0 Å². The van der Waals surface area contributed by atoms with Crippen LogP contribution in [0.2, 0.25) is 10.0 Å². The summed E-state index contributed by atoms with van der Waals surface area (Å²) in [4.78, 5) is 29.4. The molecule has 0 unspecified atom stereocenters. The van der Waals surface area contributed by atoms with Crippen molar-refractivity contribution in [1.29, 1.82) is 0 Å². The molecule has 0 N–H and O–H groups in total. The van der Waals surface area contributed by atoms with Crippen molar-refractivity contribution in [3.05, 3.63) is 85.9 Å². The van der Waals surface area contributed by atoms with Gasteiger partial charge in [-0.05, 0) is 24.3 Å². The number of furan rings is 1. The molecule has 0 spiro atoms. The number of aromatic nitrogens is 3. The van der Waals surface area contributed by atoms with Gasteiger partial charge in [0.05, 0.1) is 34.4 Å². The number of rotatable bonds is 5. The first-order valence-corrected chi connectivity index (χ1v) is 9.86. The lowest BCUT2D eigenvalue weighted by Crippen LogP contribution is -2.23. The number of halogens is 2. The quantitative estimate of drug-likeness (QED) is 0.415. The summed E-state index contributed by atoms with van der Waals surface area (Å²) in [6, 6.07) is 9.98. The lowest BCUT2D eigenvalue weighted by molar-refractivity contribution is 0.0468. The molecule has 146 valence electrons. The van der Waals surface area contributed by atoms with Gasteiger partial charge in [-0.2, -0.15) is 9.78 Å². The van der Waals surface area contributed by atoms with Gasteiger partial charge in [-0.15, -0.1) is 11.3 Å². The van der Waals surface area contributed by atoms with Crippen LogP contribution < -0.4 is 5.56 Å². The molecular weight excluding hydrogens is 437 g/mol. The Hall–Kier alpha value is -2.94. The van der Waals surface area contributed by atoms with E-state index in [9.17, 15) is 9.59 Å². The molecule has 0 aliphatic heterocycles. The van der Waals surface area contributed by atoms with Crippen LogP contribution >= 0.6 is 34.5 Å². The van der Waals surface area contributed by atoms with Gasteiger partial charge in [0.15, 0.2) is 10.8 Å². The summed E-state index contributed by atoms with van der Waals surface area (Å²) in [5, 5.41) is 6.28. The van der Waals surface area contributed by atoms with Crippen molar-refractivity contribution in [2.24, 2.45) is 0 Å². The smallest absolute Gasteiger partial charge is 0.340 e. The molecule has 0 radical (unpaired) electrons. The van der Waals surface area contributed by atoms with Crippen molar-refractivity contribution in [3.8, 4) is 16.5 Å². The lowest BCUT2D eigenvalue weighted by atomic mass is 10.2. The molecule has 3 aromatic heterocycles. The third-order valence-corrected chi connectivity index (χ3v) is 5.52. The van der Waals surface area contributed by atoms with Gasteiger partial charge in [0.25, 0.3) is 5.56 Å². The molecule has 3 heterocycles. The maximum absolute atomic E-state index is 12.6. The summed E-state index contributed by atoms with van der Waals surface area (Å²) in [7, 11) is 0. The molecule has 4 rings (SSSR count). The average Bonchev–Trinajstić information content (AvgIpc) is 3.42. The number of thiazole rings is 1. The van der Waals surface area contributed by atoms with Crippen molar-refractivity contribution >= 4 is 40.5 Å². The van der Waals surface area contributed by atoms with Crippen molar-refractivity contribution in [3.63, 3.8) is 0 Å². The maximum atomic E-state index is 12.6. The molecule has 0 saturated heterocycles. The molecule has 4 aromatic rings. The number of carbonyl (C=O) groups is 1. The van der Waals surface area contributed by atoms with Crippen LogP contribution in [0.25, 0.3) is 16.5 Å². The Kier molecular flexibility index (Phi) is 5.48. The zero-order valence-electron chi connectivity index (χ0n) is 14.5. The fourth-order valence-corrected chi connectivity index (χ4v) is 3.54. The van der Waals surface area contributed by atoms with Gasteiger partial charge in [-0.1, -0.05) is 35.3 Å². The molecule has 29 heavy (non-hydrogen) atoms. The number of esters is 1. The summed E-state index contributed by atoms with van der Waals surface area (Å²) >= 11 is 13.1. The minimum atomic E-state index is -0.637. The molecule has 10 heteroatoms. The largest absolute Gasteiger partial charge is 0.462 e. The molecule has 7 nitrogen and oxygen atoms in total. The van der Waals surface area contributed by atoms with Gasteiger partial charge in [-0.3, -0.25) is 4.79 Å². The minimum absolute atomic E-state index is 0.0314. The van der Waals surface area contributed by atoms with Gasteiger partial charge in [0.2, 0.25) is 0 Å². The van der Waals surface area contributed by atoms with Crippen molar-refractivity contribution in [2.45, 2.75) is 6.61 Å². The van der Waals surface area contributed by atoms with Gasteiger partial charge in [0, 0.05) is 5.38 Å². The predicted octanol–water partition coefficient (Wildman–Crippen LogP) is 4.61. The lowest BCUT2D eigenvalue weighted by Gasteiger charge is -2.10. The second-order valence-electron chi connectivity index (χ2n) is 5.74. The van der Waals surface area contributed by atoms with E-state index in [4.69, 9.17) is 32.4 Å². The maximum Gasteiger partial charge on any atom is 0.340 e. The van der Waals surface area contributed by atoms with Crippen molar-refractivity contribution in [1.82, 2.24) is 14.8 Å². The molecule has 0 aliphatic carbocycles. The van der Waals surface area contributed by atoms with Crippen LogP contribution in [0.1, 0.15) is 16.1 Å². The van der Waals surface area contributed by atoms with Gasteiger partial charge >= 0.3 is 5.97 Å². The first kappa shape index (κ1) is 19.4. The predicted molar refractivity (Wildman–Crippen MR) is 109 cm³/mol. The van der Waals surface area contributed by atoms with Crippen LogP contribution in [0.4, 0.5) is 0 Å². The zero-order valence-corrected chi connectivity index (χ0v) is 16.9. The van der Waals surface area contributed by atoms with E-state index < -0.39 is 11.5 Å². The van der Waals surface area contributed by atoms with E-state index in [0.29, 0.717) is 16.5 Å². The minimum Gasteiger partial charge on any atom is -0.462 e. The third-order valence-electron chi connectivity index (χ3n) is 3.86. The third kappa shape index (κ3) is 3.95. The molecular formula is C19H11Cl2N3O4S. The number of para-hydroxylation sites is 1. The second kappa shape index (κ2) is 8.20. The Morgan fingerprint density at radius 2 is 2.03 bits per heavy atom. The molecule has 0 fully saturated rings. The molecule has 0 atom stereocenters. The Morgan fingerprint density at radius 3 is 2.83 bits per heavy atom. The van der Waals surface area contributed by atoms with Crippen LogP contribution in [-0.4, -0.2) is 20.7 Å². The fourth-order valence-electron chi connectivity index (χ4n) is 2.52. The Bertz CT molecular complexity index is 1230. The van der Waals surface area contributed by atoms with E-state index in [1.807, 2.05) is 0 Å². The van der Waals surface area contributed by atoms with E-state index in [2.05, 4.69) is 10.1 Å². The van der Waals surface area contributed by atoms with Crippen molar-refractivity contribution < 1.29 is 13.9 Å². The topological polar surface area (TPSA) is 87.2 Å². The van der Waals surface area contributed by atoms with E-state index in [0.717, 1.165) is 4.68 Å². The van der Waals surface area contributed by atoms with Crippen LogP contribution in [0.5, 0.6) is 0 Å². The highest BCUT2D eigenvalue weighted by Gasteiger charge is 2.18. The summed E-state index contributed by atoms with van der Waals surface area (Å²) < 4.78 is 11.7. The average molecular weight is 448 g/mol. The van der Waals surface area contributed by atoms with Gasteiger partial charge in [0.1, 0.15) is 11.6 Å². The van der Waals surface area contributed by atoms with Crippen LogP contribution in [-0.2, 0) is 11.3 Å². The Labute approximate surface area is 178 Å². The van der Waals surface area contributed by atoms with Crippen LogP contribution in [0.3, 0.4) is 0 Å². The molecule has 0 bridgehead atoms.